The summed E-state index contributed by atoms with van der Waals surface area (Å²) in [5.41, 5.74) is 6.64. The molecule has 1 fully saturated rings. The average molecular weight is 286 g/mol. The number of aliphatic hydroxyl groups excluding tert-OH is 1. The minimum Gasteiger partial charge on any atom is -0.492 e. The van der Waals surface area contributed by atoms with E-state index in [-0.39, 0.29) is 12.6 Å². The third kappa shape index (κ3) is 2.97. The number of ether oxygens (including phenoxy) is 1. The summed E-state index contributed by atoms with van der Waals surface area (Å²) in [6, 6.07) is 5.38. The summed E-state index contributed by atoms with van der Waals surface area (Å²) in [5.74, 6) is 1.59. The molecule has 0 spiro atoms. The summed E-state index contributed by atoms with van der Waals surface area (Å²) >= 11 is 3.45. The highest BCUT2D eigenvalue weighted by molar-refractivity contribution is 9.10. The highest BCUT2D eigenvalue weighted by Gasteiger charge is 2.22. The lowest BCUT2D eigenvalue weighted by Crippen LogP contribution is -2.14. The zero-order chi connectivity index (χ0) is 11.5. The number of hydrogen-bond acceptors (Lipinski definition) is 3. The highest BCUT2D eigenvalue weighted by Crippen LogP contribution is 2.32. The van der Waals surface area contributed by atoms with E-state index in [2.05, 4.69) is 15.9 Å². The van der Waals surface area contributed by atoms with Crippen molar-refractivity contribution in [3.63, 3.8) is 0 Å². The van der Waals surface area contributed by atoms with E-state index < -0.39 is 0 Å². The fourth-order valence-corrected chi connectivity index (χ4v) is 1.97. The summed E-state index contributed by atoms with van der Waals surface area (Å²) < 4.78 is 6.58. The van der Waals surface area contributed by atoms with Crippen LogP contribution in [0, 0.1) is 5.92 Å². The van der Waals surface area contributed by atoms with Gasteiger partial charge >= 0.3 is 0 Å². The number of rotatable bonds is 5. The molecule has 0 aromatic heterocycles. The Bertz CT molecular complexity index is 366. The molecule has 1 aliphatic rings. The van der Waals surface area contributed by atoms with Crippen LogP contribution >= 0.6 is 15.9 Å². The molecule has 0 bridgehead atoms. The minimum atomic E-state index is -0.325. The van der Waals surface area contributed by atoms with Crippen LogP contribution < -0.4 is 10.5 Å². The lowest BCUT2D eigenvalue weighted by atomic mass is 10.1. The van der Waals surface area contributed by atoms with Gasteiger partial charge in [-0.3, -0.25) is 0 Å². The zero-order valence-corrected chi connectivity index (χ0v) is 10.6. The standard InChI is InChI=1S/C12H16BrNO2/c13-10-5-9(11(14)6-15)3-4-12(10)16-7-8-1-2-8/h3-5,8,11,15H,1-2,6-7,14H2. The van der Waals surface area contributed by atoms with E-state index in [1.165, 1.54) is 12.8 Å². The molecule has 1 aromatic rings. The van der Waals surface area contributed by atoms with Crippen LogP contribution in [0.3, 0.4) is 0 Å². The molecule has 0 heterocycles. The van der Waals surface area contributed by atoms with E-state index in [4.69, 9.17) is 15.6 Å². The van der Waals surface area contributed by atoms with Crippen LogP contribution in [-0.2, 0) is 0 Å². The van der Waals surface area contributed by atoms with Crippen molar-refractivity contribution < 1.29 is 9.84 Å². The first-order chi connectivity index (χ1) is 7.70. The molecule has 3 N–H and O–H groups in total. The van der Waals surface area contributed by atoms with E-state index >= 15 is 0 Å². The van der Waals surface area contributed by atoms with Gasteiger partial charge in [-0.05, 0) is 52.4 Å². The first-order valence-corrected chi connectivity index (χ1v) is 6.28. The molecule has 2 rings (SSSR count). The van der Waals surface area contributed by atoms with Crippen LogP contribution in [0.5, 0.6) is 5.75 Å². The Morgan fingerprint density at radius 3 is 2.81 bits per heavy atom. The van der Waals surface area contributed by atoms with Crippen LogP contribution in [0.1, 0.15) is 24.4 Å². The van der Waals surface area contributed by atoms with Gasteiger partial charge in [0.25, 0.3) is 0 Å². The maximum atomic E-state index is 8.96. The van der Waals surface area contributed by atoms with E-state index in [0.717, 1.165) is 28.3 Å². The molecule has 0 aliphatic heterocycles. The molecule has 1 unspecified atom stereocenters. The summed E-state index contributed by atoms with van der Waals surface area (Å²) in [5, 5.41) is 8.96. The Morgan fingerprint density at radius 2 is 2.25 bits per heavy atom. The molecular formula is C12H16BrNO2. The van der Waals surface area contributed by atoms with Crippen molar-refractivity contribution in [3.8, 4) is 5.75 Å². The van der Waals surface area contributed by atoms with Gasteiger partial charge in [0.2, 0.25) is 0 Å². The van der Waals surface area contributed by atoms with Gasteiger partial charge < -0.3 is 15.6 Å². The van der Waals surface area contributed by atoms with Crippen LogP contribution in [0.15, 0.2) is 22.7 Å². The second kappa shape index (κ2) is 5.17. The van der Waals surface area contributed by atoms with Crippen molar-refractivity contribution in [2.75, 3.05) is 13.2 Å². The summed E-state index contributed by atoms with van der Waals surface area (Å²) in [6.07, 6.45) is 2.57. The van der Waals surface area contributed by atoms with Crippen molar-refractivity contribution >= 4 is 15.9 Å². The van der Waals surface area contributed by atoms with Gasteiger partial charge in [0, 0.05) is 0 Å². The largest absolute Gasteiger partial charge is 0.492 e. The molecular weight excluding hydrogens is 270 g/mol. The Morgan fingerprint density at radius 1 is 1.50 bits per heavy atom. The Labute approximate surface area is 104 Å². The van der Waals surface area contributed by atoms with E-state index in [1.54, 1.807) is 0 Å². The Hall–Kier alpha value is -0.580. The SMILES string of the molecule is NC(CO)c1ccc(OCC2CC2)c(Br)c1. The van der Waals surface area contributed by atoms with Crippen molar-refractivity contribution in [1.82, 2.24) is 0 Å². The van der Waals surface area contributed by atoms with E-state index in [9.17, 15) is 0 Å². The Balaban J connectivity index is 2.02. The minimum absolute atomic E-state index is 0.0469. The smallest absolute Gasteiger partial charge is 0.133 e. The molecule has 3 nitrogen and oxygen atoms in total. The van der Waals surface area contributed by atoms with Gasteiger partial charge in [0.05, 0.1) is 23.7 Å². The van der Waals surface area contributed by atoms with E-state index in [1.807, 2.05) is 18.2 Å². The van der Waals surface area contributed by atoms with Crippen LogP contribution in [0.2, 0.25) is 0 Å². The summed E-state index contributed by atoms with van der Waals surface area (Å²) in [6.45, 7) is 0.749. The first kappa shape index (κ1) is 11.9. The summed E-state index contributed by atoms with van der Waals surface area (Å²) in [4.78, 5) is 0. The zero-order valence-electron chi connectivity index (χ0n) is 9.03. The second-order valence-electron chi connectivity index (χ2n) is 4.23. The molecule has 1 saturated carbocycles. The number of hydrogen-bond donors (Lipinski definition) is 2. The van der Waals surface area contributed by atoms with Gasteiger partial charge in [-0.1, -0.05) is 6.07 Å². The van der Waals surface area contributed by atoms with Crippen LogP contribution in [-0.4, -0.2) is 18.3 Å². The van der Waals surface area contributed by atoms with Crippen LogP contribution in [0.25, 0.3) is 0 Å². The lowest BCUT2D eigenvalue weighted by Gasteiger charge is -2.12. The average Bonchev–Trinajstić information content (AvgIpc) is 3.10. The molecule has 1 aliphatic carbocycles. The molecule has 0 saturated heterocycles. The van der Waals surface area contributed by atoms with Gasteiger partial charge in [0.15, 0.2) is 0 Å². The molecule has 0 amide bonds. The van der Waals surface area contributed by atoms with Gasteiger partial charge in [-0.15, -0.1) is 0 Å². The fraction of sp³-hybridized carbons (Fsp3) is 0.500. The van der Waals surface area contributed by atoms with Crippen LogP contribution in [0.4, 0.5) is 0 Å². The van der Waals surface area contributed by atoms with Crippen molar-refractivity contribution in [3.05, 3.63) is 28.2 Å². The monoisotopic (exact) mass is 285 g/mol. The third-order valence-electron chi connectivity index (χ3n) is 2.75. The maximum Gasteiger partial charge on any atom is 0.133 e. The number of benzene rings is 1. The topological polar surface area (TPSA) is 55.5 Å². The fourth-order valence-electron chi connectivity index (χ4n) is 1.46. The molecule has 4 heteroatoms. The van der Waals surface area contributed by atoms with Crippen molar-refractivity contribution in [2.45, 2.75) is 18.9 Å². The van der Waals surface area contributed by atoms with Crippen molar-refractivity contribution in [1.29, 1.82) is 0 Å². The molecule has 16 heavy (non-hydrogen) atoms. The van der Waals surface area contributed by atoms with Gasteiger partial charge in [0.1, 0.15) is 5.75 Å². The Kier molecular flexibility index (Phi) is 3.84. The first-order valence-electron chi connectivity index (χ1n) is 5.49. The number of aliphatic hydroxyl groups is 1. The predicted octanol–water partition coefficient (Wildman–Crippen LogP) is 2.23. The van der Waals surface area contributed by atoms with E-state index in [0.29, 0.717) is 0 Å². The molecule has 88 valence electrons. The van der Waals surface area contributed by atoms with Gasteiger partial charge in [-0.2, -0.15) is 0 Å². The predicted molar refractivity (Wildman–Crippen MR) is 66.4 cm³/mol. The lowest BCUT2D eigenvalue weighted by molar-refractivity contribution is 0.267. The van der Waals surface area contributed by atoms with Crippen molar-refractivity contribution in [2.24, 2.45) is 11.7 Å². The third-order valence-corrected chi connectivity index (χ3v) is 3.37. The number of nitrogens with two attached hydrogens (primary N) is 1. The van der Waals surface area contributed by atoms with Gasteiger partial charge in [-0.25, -0.2) is 0 Å². The quantitative estimate of drug-likeness (QED) is 0.872. The molecule has 1 aromatic carbocycles. The highest BCUT2D eigenvalue weighted by atomic mass is 79.9. The summed E-state index contributed by atoms with van der Waals surface area (Å²) in [7, 11) is 0. The molecule has 1 atom stereocenters. The second-order valence-corrected chi connectivity index (χ2v) is 5.09. The normalized spacial score (nSPS) is 17.2. The maximum absolute atomic E-state index is 8.96. The number of halogens is 1. The molecule has 0 radical (unpaired) electrons.